The van der Waals surface area contributed by atoms with Crippen LogP contribution in [0.25, 0.3) is 0 Å². The first-order valence-corrected chi connectivity index (χ1v) is 8.98. The van der Waals surface area contributed by atoms with Crippen LogP contribution in [0.1, 0.15) is 44.5 Å². The zero-order valence-corrected chi connectivity index (χ0v) is 16.4. The van der Waals surface area contributed by atoms with E-state index in [2.05, 4.69) is 10.6 Å². The lowest BCUT2D eigenvalue weighted by Gasteiger charge is -2.13. The van der Waals surface area contributed by atoms with Crippen molar-refractivity contribution in [2.75, 3.05) is 6.61 Å². The molecule has 0 aliphatic heterocycles. The Bertz CT molecular complexity index is 668. The summed E-state index contributed by atoms with van der Waals surface area (Å²) in [6.45, 7) is 7.52. The highest BCUT2D eigenvalue weighted by atomic mass is 16.6. The highest BCUT2D eigenvalue weighted by Crippen LogP contribution is 2.05. The summed E-state index contributed by atoms with van der Waals surface area (Å²) in [4.78, 5) is 23.8. The second kappa shape index (κ2) is 11.9. The SMILES string of the molecule is C/C=C\C=C(/C)C[C@H](C)NC(=O)OC[n+]1ccc(C(=O)N[C@H](C)CO)cc1. The number of aromatic nitrogens is 1. The predicted molar refractivity (Wildman–Crippen MR) is 103 cm³/mol. The molecule has 1 aromatic rings. The molecule has 0 saturated carbocycles. The molecular formula is C20H30N3O4+. The first kappa shape index (κ1) is 22.4. The summed E-state index contributed by atoms with van der Waals surface area (Å²) in [5.74, 6) is -0.266. The third-order valence-corrected chi connectivity index (χ3v) is 3.72. The Hall–Kier alpha value is -2.67. The van der Waals surface area contributed by atoms with Crippen LogP contribution in [-0.2, 0) is 11.5 Å². The van der Waals surface area contributed by atoms with E-state index in [1.54, 1.807) is 36.0 Å². The number of allylic oxidation sites excluding steroid dienone is 3. The van der Waals surface area contributed by atoms with Crippen LogP contribution in [0.5, 0.6) is 0 Å². The summed E-state index contributed by atoms with van der Waals surface area (Å²) < 4.78 is 6.84. The van der Waals surface area contributed by atoms with Gasteiger partial charge in [-0.25, -0.2) is 4.79 Å². The topological polar surface area (TPSA) is 91.5 Å². The van der Waals surface area contributed by atoms with Crippen molar-refractivity contribution >= 4 is 12.0 Å². The number of rotatable bonds is 9. The summed E-state index contributed by atoms with van der Waals surface area (Å²) in [5, 5.41) is 14.4. The average Bonchev–Trinajstić information content (AvgIpc) is 2.64. The molecule has 0 unspecified atom stereocenters. The fraction of sp³-hybridized carbons (Fsp3) is 0.450. The molecule has 3 N–H and O–H groups in total. The number of aliphatic hydroxyl groups is 1. The maximum absolute atomic E-state index is 11.9. The third-order valence-electron chi connectivity index (χ3n) is 3.72. The van der Waals surface area contributed by atoms with Crippen LogP contribution in [0.4, 0.5) is 4.79 Å². The second-order valence-electron chi connectivity index (χ2n) is 6.51. The zero-order valence-electron chi connectivity index (χ0n) is 16.4. The van der Waals surface area contributed by atoms with E-state index in [-0.39, 0.29) is 31.3 Å². The van der Waals surface area contributed by atoms with Crippen molar-refractivity contribution in [1.82, 2.24) is 10.6 Å². The van der Waals surface area contributed by atoms with Crippen LogP contribution < -0.4 is 15.2 Å². The number of hydrogen-bond donors (Lipinski definition) is 3. The Morgan fingerprint density at radius 1 is 1.22 bits per heavy atom. The molecule has 0 aromatic carbocycles. The van der Waals surface area contributed by atoms with E-state index in [9.17, 15) is 9.59 Å². The van der Waals surface area contributed by atoms with E-state index in [1.807, 2.05) is 39.0 Å². The standard InChI is InChI=1S/C20H29N3O4/c1-5-6-7-15(2)12-16(3)22-20(26)27-14-23-10-8-18(9-11-23)19(25)21-17(4)13-24/h5-11,16-17,24H,12-14H2,1-4H3,(H-,21,22,25,26)/p+1/b6-5-,15-7+/t16-,17+/m0/s1. The van der Waals surface area contributed by atoms with Gasteiger partial charge in [-0.15, -0.1) is 0 Å². The number of amides is 2. The number of pyridine rings is 1. The van der Waals surface area contributed by atoms with E-state index < -0.39 is 6.09 Å². The molecule has 2 atom stereocenters. The second-order valence-corrected chi connectivity index (χ2v) is 6.51. The molecule has 7 heteroatoms. The van der Waals surface area contributed by atoms with Crippen molar-refractivity contribution < 1.29 is 24.0 Å². The summed E-state index contributed by atoms with van der Waals surface area (Å²) >= 11 is 0. The summed E-state index contributed by atoms with van der Waals surface area (Å²) in [5.41, 5.74) is 1.63. The normalized spacial score (nSPS) is 13.9. The van der Waals surface area contributed by atoms with Crippen LogP contribution in [0, 0.1) is 0 Å². The molecule has 2 amide bonds. The van der Waals surface area contributed by atoms with Gasteiger partial charge in [0.1, 0.15) is 0 Å². The van der Waals surface area contributed by atoms with Gasteiger partial charge < -0.3 is 20.5 Å². The number of aliphatic hydroxyl groups excluding tert-OH is 1. The van der Waals surface area contributed by atoms with Gasteiger partial charge in [-0.3, -0.25) is 4.79 Å². The van der Waals surface area contributed by atoms with Gasteiger partial charge in [0.25, 0.3) is 12.6 Å². The van der Waals surface area contributed by atoms with Crippen LogP contribution in [0.3, 0.4) is 0 Å². The van der Waals surface area contributed by atoms with E-state index in [0.717, 1.165) is 6.42 Å². The van der Waals surface area contributed by atoms with E-state index in [1.165, 1.54) is 5.57 Å². The van der Waals surface area contributed by atoms with Crippen LogP contribution in [0.2, 0.25) is 0 Å². The van der Waals surface area contributed by atoms with Gasteiger partial charge in [0.05, 0.1) is 12.2 Å². The number of carbonyl (C=O) groups excluding carboxylic acids is 2. The van der Waals surface area contributed by atoms with Crippen molar-refractivity contribution in [2.45, 2.75) is 52.9 Å². The Labute approximate surface area is 160 Å². The fourth-order valence-electron chi connectivity index (χ4n) is 2.29. The summed E-state index contributed by atoms with van der Waals surface area (Å²) in [6, 6.07) is 2.90. The van der Waals surface area contributed by atoms with Crippen LogP contribution in [0.15, 0.2) is 48.3 Å². The molecule has 1 rings (SSSR count). The molecule has 0 bridgehead atoms. The molecule has 1 heterocycles. The summed E-state index contributed by atoms with van der Waals surface area (Å²) in [6.07, 6.45) is 9.48. The van der Waals surface area contributed by atoms with Gasteiger partial charge in [-0.05, 0) is 34.1 Å². The maximum Gasteiger partial charge on any atom is 0.412 e. The van der Waals surface area contributed by atoms with Crippen molar-refractivity contribution in [3.63, 3.8) is 0 Å². The smallest absolute Gasteiger partial charge is 0.394 e. The molecule has 0 aliphatic rings. The minimum absolute atomic E-state index is 0.0383. The average molecular weight is 376 g/mol. The number of carbonyl (C=O) groups is 2. The van der Waals surface area contributed by atoms with E-state index in [0.29, 0.717) is 5.56 Å². The molecule has 0 saturated heterocycles. The minimum Gasteiger partial charge on any atom is -0.394 e. The monoisotopic (exact) mass is 376 g/mol. The van der Waals surface area contributed by atoms with Crippen molar-refractivity contribution in [1.29, 1.82) is 0 Å². The molecule has 27 heavy (non-hydrogen) atoms. The molecule has 0 fully saturated rings. The van der Waals surface area contributed by atoms with Gasteiger partial charge in [0.2, 0.25) is 0 Å². The van der Waals surface area contributed by atoms with Gasteiger partial charge in [0, 0.05) is 24.2 Å². The lowest BCUT2D eigenvalue weighted by atomic mass is 10.1. The molecule has 7 nitrogen and oxygen atoms in total. The number of nitrogens with one attached hydrogen (secondary N) is 2. The lowest BCUT2D eigenvalue weighted by molar-refractivity contribution is -0.727. The quantitative estimate of drug-likeness (QED) is 0.454. The Morgan fingerprint density at radius 3 is 2.48 bits per heavy atom. The number of alkyl carbamates (subject to hydrolysis) is 1. The van der Waals surface area contributed by atoms with Crippen molar-refractivity contribution in [3.05, 3.63) is 53.9 Å². The Kier molecular flexibility index (Phi) is 9.82. The van der Waals surface area contributed by atoms with Crippen molar-refractivity contribution in [2.24, 2.45) is 0 Å². The van der Waals surface area contributed by atoms with E-state index >= 15 is 0 Å². The zero-order chi connectivity index (χ0) is 20.2. The Balaban J connectivity index is 2.44. The number of hydrogen-bond acceptors (Lipinski definition) is 4. The van der Waals surface area contributed by atoms with Gasteiger partial charge in [-0.1, -0.05) is 23.8 Å². The van der Waals surface area contributed by atoms with Gasteiger partial charge in [-0.2, -0.15) is 4.57 Å². The van der Waals surface area contributed by atoms with Crippen molar-refractivity contribution in [3.8, 4) is 0 Å². The molecule has 148 valence electrons. The number of ether oxygens (including phenoxy) is 1. The third kappa shape index (κ3) is 9.01. The molecule has 0 aliphatic carbocycles. The highest BCUT2D eigenvalue weighted by Gasteiger charge is 2.13. The molecule has 0 spiro atoms. The van der Waals surface area contributed by atoms with Crippen LogP contribution >= 0.6 is 0 Å². The fourth-order valence-corrected chi connectivity index (χ4v) is 2.29. The summed E-state index contributed by atoms with van der Waals surface area (Å²) in [7, 11) is 0. The van der Waals surface area contributed by atoms with E-state index in [4.69, 9.17) is 9.84 Å². The first-order chi connectivity index (χ1) is 12.8. The van der Waals surface area contributed by atoms with Gasteiger partial charge >= 0.3 is 6.09 Å². The molecule has 1 aromatic heterocycles. The lowest BCUT2D eigenvalue weighted by Crippen LogP contribution is -2.40. The largest absolute Gasteiger partial charge is 0.412 e. The maximum atomic E-state index is 11.9. The minimum atomic E-state index is -0.493. The predicted octanol–water partition coefficient (Wildman–Crippen LogP) is 2.07. The first-order valence-electron chi connectivity index (χ1n) is 8.98. The van der Waals surface area contributed by atoms with Crippen LogP contribution in [-0.4, -0.2) is 35.8 Å². The Morgan fingerprint density at radius 2 is 1.89 bits per heavy atom. The van der Waals surface area contributed by atoms with Gasteiger partial charge in [0.15, 0.2) is 12.4 Å². The molecule has 0 radical (unpaired) electrons. The molecular weight excluding hydrogens is 346 g/mol. The number of nitrogens with zero attached hydrogens (tertiary/aromatic N) is 1. The highest BCUT2D eigenvalue weighted by molar-refractivity contribution is 5.94.